The van der Waals surface area contributed by atoms with Gasteiger partial charge in [-0.3, -0.25) is 14.7 Å². The molecule has 2 unspecified atom stereocenters. The Bertz CT molecular complexity index is 689. The Labute approximate surface area is 122 Å². The lowest BCUT2D eigenvalue weighted by Crippen LogP contribution is -2.32. The Morgan fingerprint density at radius 3 is 3.00 bits per heavy atom. The van der Waals surface area contributed by atoms with Crippen LogP contribution in [0.4, 0.5) is 4.39 Å². The zero-order chi connectivity index (χ0) is 15.0. The number of hydrogen-bond acceptors (Lipinski definition) is 3. The van der Waals surface area contributed by atoms with Crippen molar-refractivity contribution in [2.45, 2.75) is 25.9 Å². The molecule has 0 spiro atoms. The first-order valence-electron chi connectivity index (χ1n) is 7.07. The summed E-state index contributed by atoms with van der Waals surface area (Å²) in [5, 5.41) is 9.70. The third kappa shape index (κ3) is 2.49. The van der Waals surface area contributed by atoms with Crippen LogP contribution in [-0.4, -0.2) is 33.5 Å². The van der Waals surface area contributed by atoms with Crippen molar-refractivity contribution in [2.75, 3.05) is 6.54 Å². The number of rotatable bonds is 3. The molecule has 1 aliphatic rings. The Kier molecular flexibility index (Phi) is 3.59. The molecule has 4 nitrogen and oxygen atoms in total. The molecule has 1 aliphatic heterocycles. The molecule has 0 radical (unpaired) electrons. The van der Waals surface area contributed by atoms with E-state index in [1.165, 1.54) is 6.07 Å². The second-order valence-electron chi connectivity index (χ2n) is 5.55. The molecule has 0 aliphatic carbocycles. The van der Waals surface area contributed by atoms with Crippen molar-refractivity contribution in [1.82, 2.24) is 9.88 Å². The number of aliphatic carboxylic acids is 1. The quantitative estimate of drug-likeness (QED) is 0.943. The van der Waals surface area contributed by atoms with E-state index in [1.807, 2.05) is 6.92 Å². The number of halogens is 1. The minimum absolute atomic E-state index is 0.0219. The summed E-state index contributed by atoms with van der Waals surface area (Å²) in [6, 6.07) is 6.61. The minimum Gasteiger partial charge on any atom is -0.481 e. The van der Waals surface area contributed by atoms with Crippen LogP contribution >= 0.6 is 0 Å². The van der Waals surface area contributed by atoms with E-state index in [0.29, 0.717) is 23.9 Å². The van der Waals surface area contributed by atoms with Gasteiger partial charge in [-0.2, -0.15) is 0 Å². The van der Waals surface area contributed by atoms with Crippen LogP contribution in [0.5, 0.6) is 0 Å². The van der Waals surface area contributed by atoms with E-state index in [0.717, 1.165) is 12.1 Å². The third-order valence-corrected chi connectivity index (χ3v) is 4.38. The van der Waals surface area contributed by atoms with Crippen LogP contribution in [0.1, 0.15) is 18.9 Å². The fraction of sp³-hybridized carbons (Fsp3) is 0.375. The summed E-state index contributed by atoms with van der Waals surface area (Å²) in [5.41, 5.74) is 1.59. The zero-order valence-electron chi connectivity index (χ0n) is 11.8. The molecule has 110 valence electrons. The molecule has 2 heterocycles. The molecule has 0 amide bonds. The smallest absolute Gasteiger partial charge is 0.308 e. The molecule has 1 aromatic carbocycles. The van der Waals surface area contributed by atoms with Crippen LogP contribution < -0.4 is 0 Å². The summed E-state index contributed by atoms with van der Waals surface area (Å²) in [5.74, 6) is -1.35. The second kappa shape index (κ2) is 5.41. The Balaban J connectivity index is 1.90. The van der Waals surface area contributed by atoms with Gasteiger partial charge in [-0.05, 0) is 43.7 Å². The number of pyridine rings is 1. The van der Waals surface area contributed by atoms with Crippen molar-refractivity contribution < 1.29 is 14.3 Å². The van der Waals surface area contributed by atoms with E-state index in [-0.39, 0.29) is 17.8 Å². The van der Waals surface area contributed by atoms with Gasteiger partial charge in [0, 0.05) is 24.2 Å². The first-order valence-corrected chi connectivity index (χ1v) is 7.07. The van der Waals surface area contributed by atoms with Crippen molar-refractivity contribution in [3.63, 3.8) is 0 Å². The maximum Gasteiger partial charge on any atom is 0.308 e. The number of likely N-dealkylation sites (tertiary alicyclic amines) is 1. The van der Waals surface area contributed by atoms with E-state index >= 15 is 0 Å². The maximum absolute atomic E-state index is 13.8. The molecule has 1 saturated heterocycles. The van der Waals surface area contributed by atoms with E-state index < -0.39 is 5.97 Å². The van der Waals surface area contributed by atoms with Crippen molar-refractivity contribution in [3.8, 4) is 0 Å². The van der Waals surface area contributed by atoms with Crippen molar-refractivity contribution >= 4 is 16.9 Å². The van der Waals surface area contributed by atoms with Crippen LogP contribution in [0, 0.1) is 11.7 Å². The number of carboxylic acid groups (broad SMARTS) is 1. The van der Waals surface area contributed by atoms with Crippen LogP contribution in [0.3, 0.4) is 0 Å². The molecule has 1 aromatic heterocycles. The zero-order valence-corrected chi connectivity index (χ0v) is 11.8. The summed E-state index contributed by atoms with van der Waals surface area (Å²) < 4.78 is 13.8. The third-order valence-electron chi connectivity index (χ3n) is 4.38. The van der Waals surface area contributed by atoms with Gasteiger partial charge in [0.2, 0.25) is 0 Å². The highest BCUT2D eigenvalue weighted by molar-refractivity contribution is 5.82. The molecule has 2 aromatic rings. The molecule has 3 rings (SSSR count). The maximum atomic E-state index is 13.8. The van der Waals surface area contributed by atoms with Crippen LogP contribution in [0.15, 0.2) is 30.5 Å². The number of nitrogens with zero attached hydrogens (tertiary/aromatic N) is 2. The molecule has 21 heavy (non-hydrogen) atoms. The Morgan fingerprint density at radius 2 is 2.29 bits per heavy atom. The Hall–Kier alpha value is -2.01. The molecule has 2 atom stereocenters. The summed E-state index contributed by atoms with van der Waals surface area (Å²) >= 11 is 0. The lowest BCUT2D eigenvalue weighted by molar-refractivity contribution is -0.142. The summed E-state index contributed by atoms with van der Waals surface area (Å²) in [6.07, 6.45) is 2.31. The number of benzene rings is 1. The Morgan fingerprint density at radius 1 is 1.48 bits per heavy atom. The molecule has 5 heteroatoms. The highest BCUT2D eigenvalue weighted by Crippen LogP contribution is 2.28. The van der Waals surface area contributed by atoms with Crippen LogP contribution in [-0.2, 0) is 11.3 Å². The molecular formula is C16H17FN2O2. The van der Waals surface area contributed by atoms with Crippen molar-refractivity contribution in [1.29, 1.82) is 0 Å². The van der Waals surface area contributed by atoms with Gasteiger partial charge in [0.05, 0.1) is 11.4 Å². The topological polar surface area (TPSA) is 53.4 Å². The van der Waals surface area contributed by atoms with Gasteiger partial charge < -0.3 is 5.11 Å². The van der Waals surface area contributed by atoms with Gasteiger partial charge >= 0.3 is 5.97 Å². The van der Waals surface area contributed by atoms with Gasteiger partial charge in [0.1, 0.15) is 5.82 Å². The van der Waals surface area contributed by atoms with Gasteiger partial charge in [0.25, 0.3) is 0 Å². The van der Waals surface area contributed by atoms with Crippen LogP contribution in [0.2, 0.25) is 0 Å². The number of carboxylic acids is 1. The van der Waals surface area contributed by atoms with E-state index in [1.54, 1.807) is 24.4 Å². The lowest BCUT2D eigenvalue weighted by atomic mass is 10.0. The van der Waals surface area contributed by atoms with Gasteiger partial charge in [0.15, 0.2) is 0 Å². The summed E-state index contributed by atoms with van der Waals surface area (Å²) in [6.45, 7) is 3.27. The number of aromatic nitrogens is 1. The summed E-state index contributed by atoms with van der Waals surface area (Å²) in [7, 11) is 0. The lowest BCUT2D eigenvalue weighted by Gasteiger charge is -2.23. The average Bonchev–Trinajstić information content (AvgIpc) is 2.84. The second-order valence-corrected chi connectivity index (χ2v) is 5.55. The normalized spacial score (nSPS) is 22.8. The fourth-order valence-corrected chi connectivity index (χ4v) is 3.10. The summed E-state index contributed by atoms with van der Waals surface area (Å²) in [4.78, 5) is 17.6. The number of hydrogen-bond donors (Lipinski definition) is 1. The predicted octanol–water partition coefficient (Wildman–Crippen LogP) is 2.67. The average molecular weight is 288 g/mol. The standard InChI is InChI=1S/C16H17FN2O2/c1-10-12(16(20)21)6-8-19(10)9-11-4-5-14(17)13-3-2-7-18-15(11)13/h2-5,7,10,12H,6,8-9H2,1H3,(H,20,21). The SMILES string of the molecule is CC1C(C(=O)O)CCN1Cc1ccc(F)c2cccnc12. The molecular weight excluding hydrogens is 271 g/mol. The van der Waals surface area contributed by atoms with E-state index in [2.05, 4.69) is 9.88 Å². The minimum atomic E-state index is -0.743. The van der Waals surface area contributed by atoms with Gasteiger partial charge in [-0.1, -0.05) is 6.07 Å². The predicted molar refractivity (Wildman–Crippen MR) is 77.3 cm³/mol. The number of carbonyl (C=O) groups is 1. The van der Waals surface area contributed by atoms with Crippen molar-refractivity contribution in [2.24, 2.45) is 5.92 Å². The molecule has 1 fully saturated rings. The first kappa shape index (κ1) is 13.9. The van der Waals surface area contributed by atoms with E-state index in [4.69, 9.17) is 0 Å². The number of fused-ring (bicyclic) bond motifs is 1. The highest BCUT2D eigenvalue weighted by atomic mass is 19.1. The highest BCUT2D eigenvalue weighted by Gasteiger charge is 2.35. The van der Waals surface area contributed by atoms with Crippen LogP contribution in [0.25, 0.3) is 10.9 Å². The molecule has 0 saturated carbocycles. The van der Waals surface area contributed by atoms with Gasteiger partial charge in [-0.15, -0.1) is 0 Å². The fourth-order valence-electron chi connectivity index (χ4n) is 3.10. The molecule has 0 bridgehead atoms. The first-order chi connectivity index (χ1) is 10.1. The van der Waals surface area contributed by atoms with Gasteiger partial charge in [-0.25, -0.2) is 4.39 Å². The van der Waals surface area contributed by atoms with E-state index in [9.17, 15) is 14.3 Å². The van der Waals surface area contributed by atoms with Crippen molar-refractivity contribution in [3.05, 3.63) is 41.8 Å². The monoisotopic (exact) mass is 288 g/mol. The molecule has 1 N–H and O–H groups in total. The largest absolute Gasteiger partial charge is 0.481 e.